The lowest BCUT2D eigenvalue weighted by Gasteiger charge is -2.04. The summed E-state index contributed by atoms with van der Waals surface area (Å²) in [5.74, 6) is -1.52. The highest BCUT2D eigenvalue weighted by Crippen LogP contribution is 2.26. The molecule has 1 aromatic rings. The molecule has 14 heavy (non-hydrogen) atoms. The standard InChI is InChI=1S/C7H4ClF2NO3/c8-4-2(7(13)14)1-3(12)11-5(4)6(9)10/h1,6H,(H,11,12)(H,13,14). The Bertz CT molecular complexity index is 429. The first-order valence-electron chi connectivity index (χ1n) is 3.37. The van der Waals surface area contributed by atoms with Crippen LogP contribution in [0.2, 0.25) is 5.02 Å². The SMILES string of the molecule is O=C(O)c1cc(=O)[nH]c(C(F)F)c1Cl. The minimum atomic E-state index is -3.02. The topological polar surface area (TPSA) is 70.2 Å². The lowest BCUT2D eigenvalue weighted by atomic mass is 10.2. The number of alkyl halides is 2. The highest BCUT2D eigenvalue weighted by Gasteiger charge is 2.19. The maximum Gasteiger partial charge on any atom is 0.337 e. The van der Waals surface area contributed by atoms with Gasteiger partial charge in [0.25, 0.3) is 6.43 Å². The van der Waals surface area contributed by atoms with Crippen molar-refractivity contribution in [2.24, 2.45) is 0 Å². The van der Waals surface area contributed by atoms with Crippen molar-refractivity contribution in [3.63, 3.8) is 0 Å². The molecule has 0 bridgehead atoms. The van der Waals surface area contributed by atoms with E-state index in [9.17, 15) is 18.4 Å². The minimum absolute atomic E-state index is 0.634. The summed E-state index contributed by atoms with van der Waals surface area (Å²) in [7, 11) is 0. The van der Waals surface area contributed by atoms with Crippen molar-refractivity contribution in [1.29, 1.82) is 0 Å². The van der Waals surface area contributed by atoms with Crippen molar-refractivity contribution in [2.75, 3.05) is 0 Å². The summed E-state index contributed by atoms with van der Waals surface area (Å²) < 4.78 is 24.4. The summed E-state index contributed by atoms with van der Waals surface area (Å²) in [5.41, 5.74) is -2.44. The van der Waals surface area contributed by atoms with Crippen molar-refractivity contribution in [3.05, 3.63) is 32.7 Å². The molecule has 0 spiro atoms. The van der Waals surface area contributed by atoms with E-state index in [4.69, 9.17) is 16.7 Å². The number of H-pyrrole nitrogens is 1. The third-order valence-corrected chi connectivity index (χ3v) is 1.86. The average Bonchev–Trinajstić information content (AvgIpc) is 2.07. The Morgan fingerprint density at radius 2 is 2.14 bits per heavy atom. The van der Waals surface area contributed by atoms with Crippen LogP contribution in [-0.4, -0.2) is 16.1 Å². The van der Waals surface area contributed by atoms with Gasteiger partial charge in [-0.15, -0.1) is 0 Å². The van der Waals surface area contributed by atoms with Crippen LogP contribution in [0.1, 0.15) is 22.5 Å². The summed E-state index contributed by atoms with van der Waals surface area (Å²) in [4.78, 5) is 23.0. The lowest BCUT2D eigenvalue weighted by molar-refractivity contribution is 0.0696. The molecule has 0 saturated heterocycles. The molecule has 4 nitrogen and oxygen atoms in total. The molecule has 0 unspecified atom stereocenters. The molecule has 0 fully saturated rings. The summed E-state index contributed by atoms with van der Waals surface area (Å²) in [6, 6.07) is 0.649. The molecular formula is C7H4ClF2NO3. The third kappa shape index (κ3) is 1.90. The fraction of sp³-hybridized carbons (Fsp3) is 0.143. The summed E-state index contributed by atoms with van der Waals surface area (Å²) in [5, 5.41) is 7.87. The van der Waals surface area contributed by atoms with E-state index in [1.807, 2.05) is 0 Å². The van der Waals surface area contributed by atoms with Crippen molar-refractivity contribution in [2.45, 2.75) is 6.43 Å². The second-order valence-corrected chi connectivity index (χ2v) is 2.76. The van der Waals surface area contributed by atoms with E-state index in [0.717, 1.165) is 0 Å². The van der Waals surface area contributed by atoms with Crippen LogP contribution in [0.15, 0.2) is 10.9 Å². The van der Waals surface area contributed by atoms with Crippen LogP contribution in [0.4, 0.5) is 8.78 Å². The molecule has 76 valence electrons. The first-order valence-corrected chi connectivity index (χ1v) is 3.75. The first-order chi connectivity index (χ1) is 6.43. The van der Waals surface area contributed by atoms with Crippen LogP contribution >= 0.6 is 11.6 Å². The lowest BCUT2D eigenvalue weighted by Crippen LogP contribution is -2.14. The summed E-state index contributed by atoms with van der Waals surface area (Å²) in [6.07, 6.45) is -3.02. The second-order valence-electron chi connectivity index (χ2n) is 2.38. The van der Waals surface area contributed by atoms with Gasteiger partial charge in [0.2, 0.25) is 5.56 Å². The molecule has 1 rings (SSSR count). The molecule has 0 aliphatic carbocycles. The van der Waals surface area contributed by atoms with Crippen LogP contribution in [-0.2, 0) is 0 Å². The van der Waals surface area contributed by atoms with Crippen molar-refractivity contribution >= 4 is 17.6 Å². The quantitative estimate of drug-likeness (QED) is 0.801. The van der Waals surface area contributed by atoms with E-state index < -0.39 is 34.2 Å². The molecule has 0 radical (unpaired) electrons. The number of carbonyl (C=O) groups is 1. The molecule has 0 amide bonds. The fourth-order valence-corrected chi connectivity index (χ4v) is 1.13. The zero-order valence-electron chi connectivity index (χ0n) is 6.55. The van der Waals surface area contributed by atoms with Gasteiger partial charge in [-0.3, -0.25) is 4.79 Å². The van der Waals surface area contributed by atoms with Gasteiger partial charge in [-0.25, -0.2) is 13.6 Å². The van der Waals surface area contributed by atoms with Gasteiger partial charge in [0.05, 0.1) is 10.6 Å². The number of pyridine rings is 1. The zero-order chi connectivity index (χ0) is 10.9. The van der Waals surface area contributed by atoms with E-state index in [2.05, 4.69) is 0 Å². The first kappa shape index (κ1) is 10.6. The van der Waals surface area contributed by atoms with Crippen LogP contribution < -0.4 is 5.56 Å². The van der Waals surface area contributed by atoms with Crippen molar-refractivity contribution < 1.29 is 18.7 Å². The number of carboxylic acid groups (broad SMARTS) is 1. The predicted molar refractivity (Wildman–Crippen MR) is 44.0 cm³/mol. The second kappa shape index (κ2) is 3.75. The maximum atomic E-state index is 12.2. The minimum Gasteiger partial charge on any atom is -0.478 e. The van der Waals surface area contributed by atoms with Crippen LogP contribution in [0.5, 0.6) is 0 Å². The number of aromatic amines is 1. The molecule has 7 heteroatoms. The predicted octanol–water partition coefficient (Wildman–Crippen LogP) is 1.66. The Kier molecular flexibility index (Phi) is 2.85. The number of hydrogen-bond acceptors (Lipinski definition) is 2. The Morgan fingerprint density at radius 1 is 1.57 bits per heavy atom. The highest BCUT2D eigenvalue weighted by atomic mass is 35.5. The van der Waals surface area contributed by atoms with Crippen molar-refractivity contribution in [1.82, 2.24) is 4.98 Å². The van der Waals surface area contributed by atoms with E-state index in [-0.39, 0.29) is 0 Å². The summed E-state index contributed by atoms with van der Waals surface area (Å²) >= 11 is 5.34. The van der Waals surface area contributed by atoms with E-state index in [1.165, 1.54) is 0 Å². The van der Waals surface area contributed by atoms with E-state index in [0.29, 0.717) is 6.07 Å². The molecule has 0 aliphatic rings. The number of hydrogen-bond donors (Lipinski definition) is 2. The van der Waals surface area contributed by atoms with Gasteiger partial charge < -0.3 is 10.1 Å². The number of aromatic nitrogens is 1. The van der Waals surface area contributed by atoms with Gasteiger partial charge in [0.1, 0.15) is 5.69 Å². The highest BCUT2D eigenvalue weighted by molar-refractivity contribution is 6.34. The molecule has 1 heterocycles. The van der Waals surface area contributed by atoms with Crippen LogP contribution in [0.25, 0.3) is 0 Å². The summed E-state index contributed by atoms with van der Waals surface area (Å²) in [6.45, 7) is 0. The fourth-order valence-electron chi connectivity index (χ4n) is 0.869. The molecule has 1 aromatic heterocycles. The molecule has 2 N–H and O–H groups in total. The molecule has 0 aromatic carbocycles. The Morgan fingerprint density at radius 3 is 2.57 bits per heavy atom. The largest absolute Gasteiger partial charge is 0.478 e. The molecule has 0 atom stereocenters. The number of rotatable bonds is 2. The third-order valence-electron chi connectivity index (χ3n) is 1.45. The van der Waals surface area contributed by atoms with Crippen LogP contribution in [0.3, 0.4) is 0 Å². The van der Waals surface area contributed by atoms with Gasteiger partial charge in [0, 0.05) is 6.07 Å². The number of carboxylic acids is 1. The normalized spacial score (nSPS) is 10.6. The number of halogens is 3. The van der Waals surface area contributed by atoms with Gasteiger partial charge in [0.15, 0.2) is 0 Å². The molecule has 0 aliphatic heterocycles. The van der Waals surface area contributed by atoms with E-state index >= 15 is 0 Å². The maximum absolute atomic E-state index is 12.2. The monoisotopic (exact) mass is 223 g/mol. The zero-order valence-corrected chi connectivity index (χ0v) is 7.31. The van der Waals surface area contributed by atoms with E-state index in [1.54, 1.807) is 4.98 Å². The number of nitrogens with one attached hydrogen (secondary N) is 1. The Labute approximate surface area is 81.1 Å². The molecule has 0 saturated carbocycles. The average molecular weight is 224 g/mol. The Hall–Kier alpha value is -1.43. The van der Waals surface area contributed by atoms with Gasteiger partial charge in [-0.1, -0.05) is 11.6 Å². The van der Waals surface area contributed by atoms with Gasteiger partial charge in [-0.05, 0) is 0 Å². The number of aromatic carboxylic acids is 1. The smallest absolute Gasteiger partial charge is 0.337 e. The van der Waals surface area contributed by atoms with Crippen LogP contribution in [0, 0.1) is 0 Å². The molecular weight excluding hydrogens is 220 g/mol. The van der Waals surface area contributed by atoms with Gasteiger partial charge in [-0.2, -0.15) is 0 Å². The van der Waals surface area contributed by atoms with Gasteiger partial charge >= 0.3 is 5.97 Å². The Balaban J connectivity index is 3.48. The van der Waals surface area contributed by atoms with Crippen molar-refractivity contribution in [3.8, 4) is 0 Å².